The van der Waals surface area contributed by atoms with Crippen molar-refractivity contribution in [2.75, 3.05) is 0 Å². The van der Waals surface area contributed by atoms with Crippen LogP contribution in [0.4, 0.5) is 0 Å². The molecule has 1 aromatic heterocycles. The average molecular weight is 332 g/mol. The Kier molecular flexibility index (Phi) is 3.52. The number of hydrogen-bond donors (Lipinski definition) is 0. The number of rotatable bonds is 4. The maximum absolute atomic E-state index is 11.0. The van der Waals surface area contributed by atoms with E-state index in [1.54, 1.807) is 12.1 Å². The smallest absolute Gasteiger partial charge is 0.233 e. The molecule has 20 heavy (non-hydrogen) atoms. The van der Waals surface area contributed by atoms with E-state index in [0.717, 1.165) is 21.9 Å². The molecule has 100 valence electrons. The molecule has 1 heterocycles. The Morgan fingerprint density at radius 1 is 1.25 bits per heavy atom. The molecule has 0 bridgehead atoms. The third kappa shape index (κ3) is 2.58. The van der Waals surface area contributed by atoms with E-state index in [1.165, 1.54) is 0 Å². The van der Waals surface area contributed by atoms with Gasteiger partial charge in [-0.05, 0) is 30.3 Å². The normalized spacial score (nSPS) is 10.7. The lowest BCUT2D eigenvalue weighted by Gasteiger charge is -2.06. The fourth-order valence-electron chi connectivity index (χ4n) is 1.86. The minimum absolute atomic E-state index is 0.178. The predicted molar refractivity (Wildman–Crippen MR) is 77.9 cm³/mol. The van der Waals surface area contributed by atoms with Gasteiger partial charge in [0.25, 0.3) is 0 Å². The largest absolute Gasteiger partial charge is 0.483 e. The number of carbonyl (C=O) groups excluding carboxylic acids is 1. The van der Waals surface area contributed by atoms with E-state index < -0.39 is 0 Å². The summed E-state index contributed by atoms with van der Waals surface area (Å²) in [4.78, 5) is 15.3. The summed E-state index contributed by atoms with van der Waals surface area (Å²) >= 11 is 3.31. The van der Waals surface area contributed by atoms with Crippen molar-refractivity contribution >= 4 is 33.3 Å². The standard InChI is InChI=1S/C15H10BrNO3/c16-11-5-6-13(10(7-11)8-18)19-9-15-17-12-3-1-2-4-14(12)20-15/h1-8H,9H2. The lowest BCUT2D eigenvalue weighted by Crippen LogP contribution is -1.98. The molecular formula is C15H10BrNO3. The number of ether oxygens (including phenoxy) is 1. The lowest BCUT2D eigenvalue weighted by atomic mass is 10.2. The number of para-hydroxylation sites is 2. The van der Waals surface area contributed by atoms with Crippen LogP contribution < -0.4 is 4.74 Å². The van der Waals surface area contributed by atoms with Crippen LogP contribution in [0.15, 0.2) is 51.4 Å². The molecule has 0 saturated heterocycles. The maximum Gasteiger partial charge on any atom is 0.233 e. The van der Waals surface area contributed by atoms with Crippen molar-refractivity contribution in [3.05, 3.63) is 58.4 Å². The van der Waals surface area contributed by atoms with E-state index in [0.29, 0.717) is 17.2 Å². The topological polar surface area (TPSA) is 52.3 Å². The zero-order valence-corrected chi connectivity index (χ0v) is 12.0. The minimum atomic E-state index is 0.178. The molecule has 0 spiro atoms. The summed E-state index contributed by atoms with van der Waals surface area (Å²) in [6.45, 7) is 0.178. The third-order valence-electron chi connectivity index (χ3n) is 2.79. The number of nitrogens with zero attached hydrogens (tertiary/aromatic N) is 1. The predicted octanol–water partition coefficient (Wildman–Crippen LogP) is 3.98. The first kappa shape index (κ1) is 12.9. The first-order valence-corrected chi connectivity index (χ1v) is 6.77. The van der Waals surface area contributed by atoms with Gasteiger partial charge in [-0.15, -0.1) is 0 Å². The Balaban J connectivity index is 1.80. The van der Waals surface area contributed by atoms with Crippen LogP contribution in [0.1, 0.15) is 16.2 Å². The summed E-state index contributed by atoms with van der Waals surface area (Å²) in [6, 6.07) is 12.8. The molecule has 3 aromatic rings. The van der Waals surface area contributed by atoms with Crippen molar-refractivity contribution in [1.29, 1.82) is 0 Å². The van der Waals surface area contributed by atoms with Crippen molar-refractivity contribution in [2.45, 2.75) is 6.61 Å². The first-order valence-electron chi connectivity index (χ1n) is 5.98. The number of halogens is 1. The van der Waals surface area contributed by atoms with Gasteiger partial charge < -0.3 is 9.15 Å². The number of aromatic nitrogens is 1. The van der Waals surface area contributed by atoms with Gasteiger partial charge in [0, 0.05) is 4.47 Å². The molecule has 0 radical (unpaired) electrons. The van der Waals surface area contributed by atoms with Gasteiger partial charge in [0.05, 0.1) is 5.56 Å². The molecule has 2 aromatic carbocycles. The van der Waals surface area contributed by atoms with Crippen LogP contribution in [0.25, 0.3) is 11.1 Å². The summed E-state index contributed by atoms with van der Waals surface area (Å²) in [5.74, 6) is 0.983. The van der Waals surface area contributed by atoms with Crippen LogP contribution in [0.5, 0.6) is 5.75 Å². The molecule has 0 atom stereocenters. The number of oxazole rings is 1. The van der Waals surface area contributed by atoms with Crippen molar-refractivity contribution < 1.29 is 13.9 Å². The van der Waals surface area contributed by atoms with Crippen LogP contribution in [-0.4, -0.2) is 11.3 Å². The second kappa shape index (κ2) is 5.46. The molecule has 0 aliphatic carbocycles. The number of aldehydes is 1. The van der Waals surface area contributed by atoms with Gasteiger partial charge in [-0.2, -0.15) is 0 Å². The molecule has 0 amide bonds. The second-order valence-electron chi connectivity index (χ2n) is 4.16. The van der Waals surface area contributed by atoms with E-state index in [1.807, 2.05) is 30.3 Å². The highest BCUT2D eigenvalue weighted by Gasteiger charge is 2.08. The van der Waals surface area contributed by atoms with Gasteiger partial charge in [-0.1, -0.05) is 28.1 Å². The quantitative estimate of drug-likeness (QED) is 0.678. The highest BCUT2D eigenvalue weighted by molar-refractivity contribution is 9.10. The zero-order chi connectivity index (χ0) is 13.9. The Hall–Kier alpha value is -2.14. The van der Waals surface area contributed by atoms with Gasteiger partial charge >= 0.3 is 0 Å². The van der Waals surface area contributed by atoms with Crippen molar-refractivity contribution in [1.82, 2.24) is 4.98 Å². The minimum Gasteiger partial charge on any atom is -0.483 e. The molecule has 5 heteroatoms. The molecule has 0 unspecified atom stereocenters. The number of carbonyl (C=O) groups is 1. The third-order valence-corrected chi connectivity index (χ3v) is 3.28. The molecule has 0 N–H and O–H groups in total. The Morgan fingerprint density at radius 3 is 2.90 bits per heavy atom. The highest BCUT2D eigenvalue weighted by Crippen LogP contribution is 2.23. The maximum atomic E-state index is 11.0. The van der Waals surface area contributed by atoms with E-state index in [4.69, 9.17) is 9.15 Å². The second-order valence-corrected chi connectivity index (χ2v) is 5.08. The van der Waals surface area contributed by atoms with Gasteiger partial charge in [-0.3, -0.25) is 4.79 Å². The van der Waals surface area contributed by atoms with E-state index in [9.17, 15) is 4.79 Å². The van der Waals surface area contributed by atoms with Crippen LogP contribution >= 0.6 is 15.9 Å². The summed E-state index contributed by atoms with van der Waals surface area (Å²) in [5, 5.41) is 0. The SMILES string of the molecule is O=Cc1cc(Br)ccc1OCc1nc2ccccc2o1. The van der Waals surface area contributed by atoms with Crippen LogP contribution in [0.3, 0.4) is 0 Å². The molecule has 0 fully saturated rings. The fourth-order valence-corrected chi connectivity index (χ4v) is 2.24. The number of benzene rings is 2. The molecule has 3 rings (SSSR count). The zero-order valence-electron chi connectivity index (χ0n) is 10.4. The van der Waals surface area contributed by atoms with E-state index >= 15 is 0 Å². The summed E-state index contributed by atoms with van der Waals surface area (Å²) in [6.07, 6.45) is 0.756. The highest BCUT2D eigenvalue weighted by atomic mass is 79.9. The van der Waals surface area contributed by atoms with Crippen LogP contribution in [0.2, 0.25) is 0 Å². The van der Waals surface area contributed by atoms with Crippen LogP contribution in [-0.2, 0) is 6.61 Å². The van der Waals surface area contributed by atoms with Gasteiger partial charge in [-0.25, -0.2) is 4.98 Å². The van der Waals surface area contributed by atoms with E-state index in [2.05, 4.69) is 20.9 Å². The Morgan fingerprint density at radius 2 is 2.10 bits per heavy atom. The monoisotopic (exact) mass is 331 g/mol. The number of fused-ring (bicyclic) bond motifs is 1. The Labute approximate surface area is 123 Å². The van der Waals surface area contributed by atoms with Crippen molar-refractivity contribution in [3.63, 3.8) is 0 Å². The molecule has 4 nitrogen and oxygen atoms in total. The molecule has 0 aliphatic rings. The van der Waals surface area contributed by atoms with Crippen molar-refractivity contribution in [3.8, 4) is 5.75 Å². The van der Waals surface area contributed by atoms with E-state index in [-0.39, 0.29) is 6.61 Å². The van der Waals surface area contributed by atoms with Crippen LogP contribution in [0, 0.1) is 0 Å². The first-order chi connectivity index (χ1) is 9.76. The fraction of sp³-hybridized carbons (Fsp3) is 0.0667. The number of hydrogen-bond acceptors (Lipinski definition) is 4. The molecule has 0 saturated carbocycles. The van der Waals surface area contributed by atoms with Gasteiger partial charge in [0.2, 0.25) is 5.89 Å². The summed E-state index contributed by atoms with van der Waals surface area (Å²) < 4.78 is 12.0. The average Bonchev–Trinajstić information content (AvgIpc) is 2.88. The lowest BCUT2D eigenvalue weighted by molar-refractivity contribution is 0.111. The van der Waals surface area contributed by atoms with Gasteiger partial charge in [0.15, 0.2) is 18.5 Å². The Bertz CT molecular complexity index is 734. The van der Waals surface area contributed by atoms with Crippen molar-refractivity contribution in [2.24, 2.45) is 0 Å². The summed E-state index contributed by atoms with van der Waals surface area (Å²) in [5.41, 5.74) is 1.99. The van der Waals surface area contributed by atoms with Gasteiger partial charge in [0.1, 0.15) is 11.3 Å². The summed E-state index contributed by atoms with van der Waals surface area (Å²) in [7, 11) is 0. The molecular weight excluding hydrogens is 322 g/mol. The molecule has 0 aliphatic heterocycles.